The third-order valence-electron chi connectivity index (χ3n) is 6.41. The molecule has 0 spiro atoms. The van der Waals surface area contributed by atoms with Crippen LogP contribution in [-0.2, 0) is 27.4 Å². The van der Waals surface area contributed by atoms with Crippen LogP contribution in [0.3, 0.4) is 0 Å². The predicted molar refractivity (Wildman–Crippen MR) is 142 cm³/mol. The normalized spacial score (nSPS) is 18.9. The van der Waals surface area contributed by atoms with Crippen LogP contribution in [-0.4, -0.2) is 40.4 Å². The summed E-state index contributed by atoms with van der Waals surface area (Å²) in [5.74, 6) is -0.310. The zero-order valence-electron chi connectivity index (χ0n) is 20.9. The van der Waals surface area contributed by atoms with E-state index in [9.17, 15) is 26.7 Å². The molecule has 2 aromatic carbocycles. The fourth-order valence-corrected chi connectivity index (χ4v) is 7.01. The molecule has 1 saturated heterocycles. The Kier molecular flexibility index (Phi) is 8.23. The van der Waals surface area contributed by atoms with Crippen molar-refractivity contribution in [2.24, 2.45) is 4.40 Å². The van der Waals surface area contributed by atoms with Crippen molar-refractivity contribution in [2.45, 2.75) is 38.3 Å². The van der Waals surface area contributed by atoms with Crippen LogP contribution >= 0.6 is 23.4 Å². The number of thioether (sulfide) groups is 1. The summed E-state index contributed by atoms with van der Waals surface area (Å²) >= 11 is 6.93. The van der Waals surface area contributed by atoms with E-state index < -0.39 is 31.7 Å². The molecule has 0 bridgehead atoms. The second kappa shape index (κ2) is 11.0. The monoisotopic (exact) mass is 585 g/mol. The van der Waals surface area contributed by atoms with Gasteiger partial charge in [-0.3, -0.25) is 0 Å². The second-order valence-electron chi connectivity index (χ2n) is 9.01. The van der Waals surface area contributed by atoms with Crippen molar-refractivity contribution in [3.8, 4) is 0 Å². The van der Waals surface area contributed by atoms with Gasteiger partial charge < -0.3 is 14.7 Å². The average molecular weight is 586 g/mol. The Morgan fingerprint density at radius 1 is 1.16 bits per heavy atom. The maximum atomic E-state index is 13.4. The van der Waals surface area contributed by atoms with Crippen molar-refractivity contribution < 1.29 is 31.4 Å². The van der Waals surface area contributed by atoms with Gasteiger partial charge in [-0.2, -0.15) is 26.0 Å². The lowest BCUT2D eigenvalue weighted by atomic mass is 9.93. The number of halogens is 4. The highest BCUT2D eigenvalue weighted by molar-refractivity contribution is 8.07. The molecule has 2 aliphatic heterocycles. The molecule has 6 nitrogen and oxygen atoms in total. The molecule has 0 radical (unpaired) electrons. The summed E-state index contributed by atoms with van der Waals surface area (Å²) in [7, 11) is -4.49. The number of aryl methyl sites for hydroxylation is 2. The van der Waals surface area contributed by atoms with Gasteiger partial charge in [0.05, 0.1) is 29.5 Å². The van der Waals surface area contributed by atoms with Gasteiger partial charge in [0.1, 0.15) is 4.90 Å². The maximum absolute atomic E-state index is 13.4. The number of rotatable bonds is 5. The lowest BCUT2D eigenvalue weighted by Gasteiger charge is -2.33. The second-order valence-corrected chi connectivity index (χ2v) is 11.9. The number of alkyl halides is 3. The van der Waals surface area contributed by atoms with Gasteiger partial charge >= 0.3 is 6.18 Å². The number of hydrogen-bond acceptors (Lipinski definition) is 6. The highest BCUT2D eigenvalue weighted by atomic mass is 35.5. The van der Waals surface area contributed by atoms with Gasteiger partial charge in [0, 0.05) is 23.7 Å². The van der Waals surface area contributed by atoms with E-state index in [0.29, 0.717) is 25.3 Å². The standard InChI is InChI=1S/C26H26ClF3N2O4S2/c1-15-12-16(2)24(32-7-9-36-10-8-32)17(3)19(15)14-22(33)25-21(6-11-37-25)31-38(34,35)23-5-4-18(13-20(23)27)26(28,29)30/h4-6,11-13,33H,7-10,14H2,1-3H3/p-1/b25-22-,31-21+. The first-order valence-electron chi connectivity index (χ1n) is 11.7. The maximum Gasteiger partial charge on any atom is 0.416 e. The van der Waals surface area contributed by atoms with E-state index in [0.717, 1.165) is 58.9 Å². The Bertz CT molecular complexity index is 1460. The van der Waals surface area contributed by atoms with Gasteiger partial charge in [0.15, 0.2) is 0 Å². The Balaban J connectivity index is 1.68. The minimum Gasteiger partial charge on any atom is -0.874 e. The molecule has 12 heteroatoms. The van der Waals surface area contributed by atoms with Gasteiger partial charge in [-0.15, -0.1) is 5.76 Å². The number of morpholine rings is 1. The number of nitrogens with zero attached hydrogens (tertiary/aromatic N) is 2. The summed E-state index contributed by atoms with van der Waals surface area (Å²) in [6.45, 7) is 8.68. The van der Waals surface area contributed by atoms with E-state index in [1.165, 1.54) is 6.08 Å². The van der Waals surface area contributed by atoms with E-state index in [1.807, 2.05) is 26.8 Å². The number of hydrogen-bond donors (Lipinski definition) is 0. The van der Waals surface area contributed by atoms with E-state index in [-0.39, 0.29) is 22.8 Å². The van der Waals surface area contributed by atoms with E-state index in [1.54, 1.807) is 5.41 Å². The molecule has 4 rings (SSSR count). The van der Waals surface area contributed by atoms with Gasteiger partial charge in [-0.1, -0.05) is 29.4 Å². The predicted octanol–water partition coefficient (Wildman–Crippen LogP) is 5.33. The molecule has 2 aromatic rings. The summed E-state index contributed by atoms with van der Waals surface area (Å²) in [6.07, 6.45) is -3.25. The number of ether oxygens (including phenoxy) is 1. The molecule has 0 atom stereocenters. The minimum absolute atomic E-state index is 0.0411. The summed E-state index contributed by atoms with van der Waals surface area (Å²) in [6, 6.07) is 3.98. The molecule has 204 valence electrons. The van der Waals surface area contributed by atoms with Crippen molar-refractivity contribution in [1.29, 1.82) is 0 Å². The van der Waals surface area contributed by atoms with Crippen LogP contribution in [0.1, 0.15) is 27.8 Å². The van der Waals surface area contributed by atoms with Crippen LogP contribution in [0, 0.1) is 20.8 Å². The van der Waals surface area contributed by atoms with Gasteiger partial charge in [-0.25, -0.2) is 0 Å². The minimum atomic E-state index is -4.68. The van der Waals surface area contributed by atoms with E-state index in [4.69, 9.17) is 16.3 Å². The molecule has 38 heavy (non-hydrogen) atoms. The molecular formula is C26H25ClF3N2O4S2-. The number of sulfonamides is 1. The first-order chi connectivity index (χ1) is 17.8. The van der Waals surface area contributed by atoms with Crippen molar-refractivity contribution >= 4 is 44.8 Å². The van der Waals surface area contributed by atoms with E-state index in [2.05, 4.69) is 9.30 Å². The third kappa shape index (κ3) is 5.90. The van der Waals surface area contributed by atoms with Crippen molar-refractivity contribution in [1.82, 2.24) is 0 Å². The smallest absolute Gasteiger partial charge is 0.416 e. The molecule has 2 heterocycles. The highest BCUT2D eigenvalue weighted by Gasteiger charge is 2.32. The van der Waals surface area contributed by atoms with Crippen LogP contribution in [0.2, 0.25) is 5.02 Å². The first-order valence-corrected chi connectivity index (χ1v) is 14.4. The van der Waals surface area contributed by atoms with Crippen LogP contribution in [0.25, 0.3) is 0 Å². The average Bonchev–Trinajstić information content (AvgIpc) is 3.29. The van der Waals surface area contributed by atoms with Crippen LogP contribution in [0.15, 0.2) is 55.7 Å². The number of allylic oxidation sites excluding steroid dienone is 3. The van der Waals surface area contributed by atoms with Crippen molar-refractivity contribution in [2.75, 3.05) is 31.2 Å². The third-order valence-corrected chi connectivity index (χ3v) is 9.13. The summed E-state index contributed by atoms with van der Waals surface area (Å²) in [5, 5.41) is 14.3. The summed E-state index contributed by atoms with van der Waals surface area (Å²) in [5.41, 5.74) is 3.80. The molecule has 0 aromatic heterocycles. The van der Waals surface area contributed by atoms with Crippen molar-refractivity contribution in [3.63, 3.8) is 0 Å². The first kappa shape index (κ1) is 28.5. The van der Waals surface area contributed by atoms with Crippen molar-refractivity contribution in [3.05, 3.63) is 79.3 Å². The Hall–Kier alpha value is -2.47. The SMILES string of the molecule is Cc1cc(C)c(N2CCOCC2)c(C)c1C/C([O-])=C1/SC=C/C1=N\S(=O)(=O)c1ccc(C(F)(F)F)cc1Cl. The molecule has 0 amide bonds. The zero-order valence-corrected chi connectivity index (χ0v) is 23.2. The molecular weight excluding hydrogens is 561 g/mol. The van der Waals surface area contributed by atoms with Crippen LogP contribution in [0.5, 0.6) is 0 Å². The molecule has 1 fully saturated rings. The Labute approximate surface area is 228 Å². The summed E-state index contributed by atoms with van der Waals surface area (Å²) in [4.78, 5) is 1.81. The molecule has 0 N–H and O–H groups in total. The molecule has 0 unspecified atom stereocenters. The lowest BCUT2D eigenvalue weighted by Crippen LogP contribution is -2.37. The number of benzene rings is 2. The van der Waals surface area contributed by atoms with Crippen LogP contribution < -0.4 is 10.0 Å². The number of anilines is 1. The fraction of sp³-hybridized carbons (Fsp3) is 0.346. The van der Waals surface area contributed by atoms with E-state index >= 15 is 0 Å². The lowest BCUT2D eigenvalue weighted by molar-refractivity contribution is -0.305. The summed E-state index contributed by atoms with van der Waals surface area (Å²) < 4.78 is 73.9. The highest BCUT2D eigenvalue weighted by Crippen LogP contribution is 2.37. The zero-order chi connectivity index (χ0) is 27.8. The molecule has 0 saturated carbocycles. The van der Waals surface area contributed by atoms with Gasteiger partial charge in [-0.05, 0) is 79.1 Å². The van der Waals surface area contributed by atoms with Crippen LogP contribution in [0.4, 0.5) is 18.9 Å². The van der Waals surface area contributed by atoms with Gasteiger partial charge in [0.25, 0.3) is 10.0 Å². The Morgan fingerprint density at radius 2 is 1.84 bits per heavy atom. The van der Waals surface area contributed by atoms with Gasteiger partial charge in [0.2, 0.25) is 0 Å². The quantitative estimate of drug-likeness (QED) is 0.442. The fourth-order valence-electron chi connectivity index (χ4n) is 4.65. The largest absolute Gasteiger partial charge is 0.874 e. The Morgan fingerprint density at radius 3 is 2.47 bits per heavy atom. The molecule has 2 aliphatic rings. The molecule has 0 aliphatic carbocycles. The topological polar surface area (TPSA) is 82.0 Å².